The zero-order chi connectivity index (χ0) is 15.3. The number of hydrogen-bond donors (Lipinski definition) is 2. The van der Waals surface area contributed by atoms with Gasteiger partial charge in [-0.2, -0.15) is 4.98 Å². The minimum absolute atomic E-state index is 0.0232. The molecule has 112 valence electrons. The van der Waals surface area contributed by atoms with Crippen molar-refractivity contribution in [2.45, 2.75) is 53.2 Å². The highest BCUT2D eigenvalue weighted by molar-refractivity contribution is 5.68. The smallest absolute Gasteiger partial charge is 0.305 e. The first-order chi connectivity index (χ1) is 9.27. The molecular formula is C14H23N3O3. The van der Waals surface area contributed by atoms with Crippen LogP contribution in [0.15, 0.2) is 6.07 Å². The molecule has 0 amide bonds. The van der Waals surface area contributed by atoms with E-state index in [2.05, 4.69) is 15.3 Å². The summed E-state index contributed by atoms with van der Waals surface area (Å²) in [6, 6.07) is 1.54. The Morgan fingerprint density at radius 2 is 2.00 bits per heavy atom. The van der Waals surface area contributed by atoms with Crippen molar-refractivity contribution in [2.24, 2.45) is 5.92 Å². The zero-order valence-electron chi connectivity index (χ0n) is 12.7. The summed E-state index contributed by atoms with van der Waals surface area (Å²) in [5.41, 5.74) is 0.774. The maximum absolute atomic E-state index is 10.9. The Labute approximate surface area is 119 Å². The van der Waals surface area contributed by atoms with Crippen LogP contribution in [0.1, 0.15) is 39.8 Å². The highest BCUT2D eigenvalue weighted by atomic mass is 16.5. The third-order valence-corrected chi connectivity index (χ3v) is 2.70. The molecule has 0 fully saturated rings. The van der Waals surface area contributed by atoms with Gasteiger partial charge in [0.25, 0.3) is 0 Å². The van der Waals surface area contributed by atoms with Crippen LogP contribution in [-0.2, 0) is 4.79 Å². The zero-order valence-corrected chi connectivity index (χ0v) is 12.7. The topological polar surface area (TPSA) is 84.3 Å². The van der Waals surface area contributed by atoms with E-state index in [1.54, 1.807) is 6.07 Å². The molecule has 1 aromatic rings. The summed E-state index contributed by atoms with van der Waals surface area (Å²) in [6.45, 7) is 9.61. The summed E-state index contributed by atoms with van der Waals surface area (Å²) in [6.07, 6.45) is 0.0482. The third-order valence-electron chi connectivity index (χ3n) is 2.70. The van der Waals surface area contributed by atoms with Crippen LogP contribution in [0.2, 0.25) is 0 Å². The molecule has 1 heterocycles. The van der Waals surface area contributed by atoms with E-state index in [4.69, 9.17) is 9.84 Å². The number of ether oxygens (including phenoxy) is 1. The monoisotopic (exact) mass is 281 g/mol. The summed E-state index contributed by atoms with van der Waals surface area (Å²) >= 11 is 0. The Morgan fingerprint density at radius 3 is 2.50 bits per heavy atom. The molecule has 0 aliphatic heterocycles. The number of anilines is 1. The molecule has 1 rings (SSSR count). The molecule has 0 saturated carbocycles. The number of aryl methyl sites for hydroxylation is 1. The quantitative estimate of drug-likeness (QED) is 0.798. The molecule has 0 aliphatic carbocycles. The normalized spacial score (nSPS) is 12.6. The number of carboxylic acids is 1. The maximum Gasteiger partial charge on any atom is 0.305 e. The van der Waals surface area contributed by atoms with Crippen molar-refractivity contribution in [1.82, 2.24) is 9.97 Å². The lowest BCUT2D eigenvalue weighted by molar-refractivity contribution is -0.137. The van der Waals surface area contributed by atoms with Gasteiger partial charge in [-0.15, -0.1) is 0 Å². The van der Waals surface area contributed by atoms with E-state index in [1.807, 2.05) is 34.6 Å². The second-order valence-electron chi connectivity index (χ2n) is 5.43. The molecule has 0 spiro atoms. The number of carboxylic acid groups (broad SMARTS) is 1. The molecule has 20 heavy (non-hydrogen) atoms. The molecule has 2 N–H and O–H groups in total. The second kappa shape index (κ2) is 7.07. The van der Waals surface area contributed by atoms with Crippen molar-refractivity contribution in [3.63, 3.8) is 0 Å². The van der Waals surface area contributed by atoms with E-state index in [9.17, 15) is 4.79 Å². The van der Waals surface area contributed by atoms with Crippen LogP contribution < -0.4 is 10.1 Å². The summed E-state index contributed by atoms with van der Waals surface area (Å²) in [5, 5.41) is 12.0. The van der Waals surface area contributed by atoms with Crippen LogP contribution >= 0.6 is 0 Å². The molecule has 6 nitrogen and oxygen atoms in total. The molecule has 6 heteroatoms. The van der Waals surface area contributed by atoms with Crippen LogP contribution in [0.5, 0.6) is 5.88 Å². The van der Waals surface area contributed by atoms with Crippen LogP contribution in [0.25, 0.3) is 0 Å². The van der Waals surface area contributed by atoms with E-state index in [0.717, 1.165) is 5.69 Å². The SMILES string of the molecule is Cc1cc(OC(C)C)nc(NC(CC(=O)O)C(C)C)n1. The number of hydrogen-bond acceptors (Lipinski definition) is 5. The number of carbonyl (C=O) groups is 1. The van der Waals surface area contributed by atoms with Crippen molar-refractivity contribution in [3.8, 4) is 5.88 Å². The Balaban J connectivity index is 2.88. The van der Waals surface area contributed by atoms with Crippen molar-refractivity contribution >= 4 is 11.9 Å². The Kier molecular flexibility index (Phi) is 5.73. The largest absolute Gasteiger partial charge is 0.481 e. The Bertz CT molecular complexity index is 461. The van der Waals surface area contributed by atoms with E-state index in [1.165, 1.54) is 0 Å². The summed E-state index contributed by atoms with van der Waals surface area (Å²) < 4.78 is 5.55. The van der Waals surface area contributed by atoms with Gasteiger partial charge >= 0.3 is 5.97 Å². The minimum Gasteiger partial charge on any atom is -0.481 e. The number of aliphatic carboxylic acids is 1. The lowest BCUT2D eigenvalue weighted by atomic mass is 10.0. The number of nitrogens with one attached hydrogen (secondary N) is 1. The van der Waals surface area contributed by atoms with Gasteiger partial charge in [0.1, 0.15) is 0 Å². The predicted molar refractivity (Wildman–Crippen MR) is 77.0 cm³/mol. The molecular weight excluding hydrogens is 258 g/mol. The fourth-order valence-corrected chi connectivity index (χ4v) is 1.71. The molecule has 0 bridgehead atoms. The van der Waals surface area contributed by atoms with Gasteiger partial charge in [-0.3, -0.25) is 4.79 Å². The van der Waals surface area contributed by atoms with Gasteiger partial charge in [-0.25, -0.2) is 4.98 Å². The highest BCUT2D eigenvalue weighted by Crippen LogP contribution is 2.17. The summed E-state index contributed by atoms with van der Waals surface area (Å²) in [4.78, 5) is 19.4. The molecule has 0 saturated heterocycles. The van der Waals surface area contributed by atoms with Crippen LogP contribution in [0, 0.1) is 12.8 Å². The minimum atomic E-state index is -0.845. The predicted octanol–water partition coefficient (Wildman–Crippen LogP) is 2.48. The van der Waals surface area contributed by atoms with Gasteiger partial charge < -0.3 is 15.2 Å². The van der Waals surface area contributed by atoms with Crippen molar-refractivity contribution in [3.05, 3.63) is 11.8 Å². The number of rotatable bonds is 7. The lowest BCUT2D eigenvalue weighted by Crippen LogP contribution is -2.29. The van der Waals surface area contributed by atoms with Gasteiger partial charge in [0.15, 0.2) is 0 Å². The van der Waals surface area contributed by atoms with Crippen molar-refractivity contribution in [2.75, 3.05) is 5.32 Å². The van der Waals surface area contributed by atoms with Crippen LogP contribution in [0.3, 0.4) is 0 Å². The molecule has 1 atom stereocenters. The van der Waals surface area contributed by atoms with E-state index in [-0.39, 0.29) is 24.5 Å². The van der Waals surface area contributed by atoms with Gasteiger partial charge in [0, 0.05) is 17.8 Å². The Hall–Kier alpha value is -1.85. The molecule has 0 aliphatic rings. The Morgan fingerprint density at radius 1 is 1.35 bits per heavy atom. The van der Waals surface area contributed by atoms with Crippen molar-refractivity contribution < 1.29 is 14.6 Å². The average Bonchev–Trinajstić information content (AvgIpc) is 2.25. The van der Waals surface area contributed by atoms with Gasteiger partial charge in [-0.1, -0.05) is 13.8 Å². The highest BCUT2D eigenvalue weighted by Gasteiger charge is 2.18. The first-order valence-corrected chi connectivity index (χ1v) is 6.78. The number of aromatic nitrogens is 2. The fraction of sp³-hybridized carbons (Fsp3) is 0.643. The maximum atomic E-state index is 10.9. The van der Waals surface area contributed by atoms with Gasteiger partial charge in [-0.05, 0) is 26.7 Å². The second-order valence-corrected chi connectivity index (χ2v) is 5.43. The molecule has 1 unspecified atom stereocenters. The number of nitrogens with zero attached hydrogens (tertiary/aromatic N) is 2. The summed E-state index contributed by atoms with van der Waals surface area (Å²) in [5.74, 6) is 0.209. The third kappa shape index (κ3) is 5.42. The van der Waals surface area contributed by atoms with E-state index >= 15 is 0 Å². The van der Waals surface area contributed by atoms with Crippen LogP contribution in [0.4, 0.5) is 5.95 Å². The lowest BCUT2D eigenvalue weighted by Gasteiger charge is -2.21. The molecule has 0 radical (unpaired) electrons. The average molecular weight is 281 g/mol. The first kappa shape index (κ1) is 16.2. The summed E-state index contributed by atoms with van der Waals surface area (Å²) in [7, 11) is 0. The molecule has 0 aromatic carbocycles. The van der Waals surface area contributed by atoms with E-state index in [0.29, 0.717) is 11.8 Å². The first-order valence-electron chi connectivity index (χ1n) is 6.78. The van der Waals surface area contributed by atoms with Gasteiger partial charge in [0.2, 0.25) is 11.8 Å². The van der Waals surface area contributed by atoms with E-state index < -0.39 is 5.97 Å². The fourth-order valence-electron chi connectivity index (χ4n) is 1.71. The van der Waals surface area contributed by atoms with Crippen LogP contribution in [-0.4, -0.2) is 33.2 Å². The standard InChI is InChI=1S/C14H23N3O3/c1-8(2)11(7-13(18)19)16-14-15-10(5)6-12(17-14)20-9(3)4/h6,8-9,11H,7H2,1-5H3,(H,18,19)(H,15,16,17). The van der Waals surface area contributed by atoms with Crippen molar-refractivity contribution in [1.29, 1.82) is 0 Å². The molecule has 1 aromatic heterocycles. The van der Waals surface area contributed by atoms with Gasteiger partial charge in [0.05, 0.1) is 12.5 Å².